The topological polar surface area (TPSA) is 75.7 Å². The number of nitrogens with one attached hydrogen (secondary N) is 1. The molecule has 0 radical (unpaired) electrons. The fourth-order valence-corrected chi connectivity index (χ4v) is 4.35. The first kappa shape index (κ1) is 23.0. The molecule has 1 fully saturated rings. The van der Waals surface area contributed by atoms with Crippen molar-refractivity contribution < 1.29 is 19.1 Å². The van der Waals surface area contributed by atoms with E-state index in [0.29, 0.717) is 0 Å². The highest BCUT2D eigenvalue weighted by Crippen LogP contribution is 2.27. The SMILES string of the molecule is CCc1ccc(N2C[C@@H](C(=O)OCC(=O)Nc3c(C)cc(Br)cc3CC)CC2=O)cc1. The summed E-state index contributed by atoms with van der Waals surface area (Å²) in [4.78, 5) is 38.8. The number of esters is 1. The summed E-state index contributed by atoms with van der Waals surface area (Å²) in [5, 5.41) is 2.84. The first-order valence-corrected chi connectivity index (χ1v) is 11.3. The normalized spacial score (nSPS) is 15.8. The number of nitrogens with zero attached hydrogens (tertiary/aromatic N) is 1. The van der Waals surface area contributed by atoms with Gasteiger partial charge in [0.05, 0.1) is 5.92 Å². The summed E-state index contributed by atoms with van der Waals surface area (Å²) in [5.74, 6) is -1.62. The number of benzene rings is 2. The molecule has 0 aromatic heterocycles. The van der Waals surface area contributed by atoms with Gasteiger partial charge in [-0.15, -0.1) is 0 Å². The third-order valence-electron chi connectivity index (χ3n) is 5.49. The predicted molar refractivity (Wildman–Crippen MR) is 124 cm³/mol. The molecule has 3 rings (SSSR count). The number of amides is 2. The summed E-state index contributed by atoms with van der Waals surface area (Å²) in [6.07, 6.45) is 1.77. The van der Waals surface area contributed by atoms with Gasteiger partial charge in [0.15, 0.2) is 6.61 Å². The van der Waals surface area contributed by atoms with E-state index in [1.165, 1.54) is 5.56 Å². The van der Waals surface area contributed by atoms with Crippen LogP contribution >= 0.6 is 15.9 Å². The first-order valence-electron chi connectivity index (χ1n) is 10.5. The first-order chi connectivity index (χ1) is 14.8. The van der Waals surface area contributed by atoms with E-state index in [4.69, 9.17) is 4.74 Å². The minimum Gasteiger partial charge on any atom is -0.455 e. The number of halogens is 1. The molecular weight excluding hydrogens is 460 g/mol. The third kappa shape index (κ3) is 5.53. The van der Waals surface area contributed by atoms with Gasteiger partial charge < -0.3 is 15.0 Å². The highest BCUT2D eigenvalue weighted by atomic mass is 79.9. The van der Waals surface area contributed by atoms with Crippen LogP contribution in [0.5, 0.6) is 0 Å². The molecule has 1 heterocycles. The van der Waals surface area contributed by atoms with Crippen LogP contribution in [0.4, 0.5) is 11.4 Å². The lowest BCUT2D eigenvalue weighted by atomic mass is 10.1. The Labute approximate surface area is 191 Å². The highest BCUT2D eigenvalue weighted by Gasteiger charge is 2.36. The molecule has 0 aliphatic carbocycles. The average Bonchev–Trinajstić information content (AvgIpc) is 3.15. The van der Waals surface area contributed by atoms with Crippen molar-refractivity contribution in [1.29, 1.82) is 0 Å². The molecule has 2 aromatic rings. The van der Waals surface area contributed by atoms with E-state index in [9.17, 15) is 14.4 Å². The van der Waals surface area contributed by atoms with Crippen LogP contribution in [0.25, 0.3) is 0 Å². The van der Waals surface area contributed by atoms with Gasteiger partial charge >= 0.3 is 5.97 Å². The van der Waals surface area contributed by atoms with Gasteiger partial charge in [-0.05, 0) is 60.7 Å². The van der Waals surface area contributed by atoms with Gasteiger partial charge in [-0.1, -0.05) is 41.9 Å². The van der Waals surface area contributed by atoms with Crippen LogP contribution in [-0.4, -0.2) is 30.9 Å². The maximum absolute atomic E-state index is 12.5. The minimum absolute atomic E-state index is 0.0851. The number of hydrogen-bond donors (Lipinski definition) is 1. The van der Waals surface area contributed by atoms with Gasteiger partial charge in [-0.25, -0.2) is 0 Å². The smallest absolute Gasteiger partial charge is 0.311 e. The van der Waals surface area contributed by atoms with E-state index in [0.717, 1.165) is 39.8 Å². The number of carbonyl (C=O) groups excluding carboxylic acids is 3. The van der Waals surface area contributed by atoms with Crippen LogP contribution in [0.1, 0.15) is 37.0 Å². The lowest BCUT2D eigenvalue weighted by molar-refractivity contribution is -0.151. The Kier molecular flexibility index (Phi) is 7.49. The number of anilines is 2. The molecule has 1 atom stereocenters. The molecule has 6 nitrogen and oxygen atoms in total. The van der Waals surface area contributed by atoms with Crippen LogP contribution in [0, 0.1) is 12.8 Å². The van der Waals surface area contributed by atoms with Crippen molar-refractivity contribution in [3.8, 4) is 0 Å². The molecule has 0 unspecified atom stereocenters. The number of rotatable bonds is 7. The number of carbonyl (C=O) groups is 3. The van der Waals surface area contributed by atoms with E-state index >= 15 is 0 Å². The Balaban J connectivity index is 1.56. The van der Waals surface area contributed by atoms with Crippen molar-refractivity contribution in [2.45, 2.75) is 40.0 Å². The molecule has 31 heavy (non-hydrogen) atoms. The fourth-order valence-electron chi connectivity index (χ4n) is 3.73. The van der Waals surface area contributed by atoms with Gasteiger partial charge in [0.2, 0.25) is 5.91 Å². The Hall–Kier alpha value is -2.67. The molecule has 1 saturated heterocycles. The maximum atomic E-state index is 12.5. The number of ether oxygens (including phenoxy) is 1. The number of hydrogen-bond acceptors (Lipinski definition) is 4. The molecular formula is C24H27BrN2O4. The predicted octanol–water partition coefficient (Wildman–Crippen LogP) is 4.42. The number of aryl methyl sites for hydroxylation is 3. The van der Waals surface area contributed by atoms with E-state index < -0.39 is 17.8 Å². The van der Waals surface area contributed by atoms with Crippen molar-refractivity contribution in [2.75, 3.05) is 23.4 Å². The molecule has 2 aromatic carbocycles. The summed E-state index contributed by atoms with van der Waals surface area (Å²) in [6.45, 7) is 5.87. The van der Waals surface area contributed by atoms with Crippen LogP contribution < -0.4 is 10.2 Å². The standard InChI is InChI=1S/C24H27BrN2O4/c1-4-16-6-8-20(9-7-16)27-13-18(12-22(27)29)24(30)31-14-21(28)26-23-15(3)10-19(25)11-17(23)5-2/h6-11,18H,4-5,12-14H2,1-3H3,(H,26,28)/t18-/m0/s1. The quantitative estimate of drug-likeness (QED) is 0.587. The fraction of sp³-hybridized carbons (Fsp3) is 0.375. The van der Waals surface area contributed by atoms with Crippen LogP contribution in [-0.2, 0) is 32.0 Å². The van der Waals surface area contributed by atoms with Gasteiger partial charge in [0.1, 0.15) is 0 Å². The summed E-state index contributed by atoms with van der Waals surface area (Å²) < 4.78 is 6.18. The minimum atomic E-state index is -0.577. The second-order valence-corrected chi connectivity index (χ2v) is 8.61. The average molecular weight is 487 g/mol. The van der Waals surface area contributed by atoms with Gasteiger partial charge in [0, 0.05) is 28.8 Å². The van der Waals surface area contributed by atoms with Crippen molar-refractivity contribution in [2.24, 2.45) is 5.92 Å². The van der Waals surface area contributed by atoms with Gasteiger partial charge in [-0.3, -0.25) is 14.4 Å². The zero-order valence-electron chi connectivity index (χ0n) is 18.0. The highest BCUT2D eigenvalue weighted by molar-refractivity contribution is 9.10. The Bertz CT molecular complexity index is 988. The van der Waals surface area contributed by atoms with Crippen molar-refractivity contribution >= 4 is 45.1 Å². The van der Waals surface area contributed by atoms with E-state index in [1.807, 2.05) is 50.2 Å². The Morgan fingerprint density at radius 2 is 1.87 bits per heavy atom. The van der Waals surface area contributed by atoms with Crippen molar-refractivity contribution in [3.63, 3.8) is 0 Å². The lowest BCUT2D eigenvalue weighted by Gasteiger charge is -2.17. The summed E-state index contributed by atoms with van der Waals surface area (Å²) >= 11 is 3.46. The zero-order valence-corrected chi connectivity index (χ0v) is 19.6. The van der Waals surface area contributed by atoms with Crippen molar-refractivity contribution in [3.05, 3.63) is 57.6 Å². The van der Waals surface area contributed by atoms with Gasteiger partial charge in [-0.2, -0.15) is 0 Å². The van der Waals surface area contributed by atoms with Crippen LogP contribution in [0.15, 0.2) is 40.9 Å². The third-order valence-corrected chi connectivity index (χ3v) is 5.95. The molecule has 164 valence electrons. The lowest BCUT2D eigenvalue weighted by Crippen LogP contribution is -2.28. The molecule has 1 N–H and O–H groups in total. The Morgan fingerprint density at radius 1 is 1.16 bits per heavy atom. The second kappa shape index (κ2) is 10.1. The summed E-state index contributed by atoms with van der Waals surface area (Å²) in [7, 11) is 0. The van der Waals surface area contributed by atoms with E-state index in [2.05, 4.69) is 28.2 Å². The largest absolute Gasteiger partial charge is 0.455 e. The van der Waals surface area contributed by atoms with Crippen molar-refractivity contribution in [1.82, 2.24) is 0 Å². The van der Waals surface area contributed by atoms with Gasteiger partial charge in [0.25, 0.3) is 5.91 Å². The molecule has 0 spiro atoms. The summed E-state index contributed by atoms with van der Waals surface area (Å²) in [5.41, 5.74) is 4.62. The molecule has 2 amide bonds. The maximum Gasteiger partial charge on any atom is 0.311 e. The monoisotopic (exact) mass is 486 g/mol. The summed E-state index contributed by atoms with van der Waals surface area (Å²) in [6, 6.07) is 11.6. The molecule has 0 bridgehead atoms. The molecule has 7 heteroatoms. The van der Waals surface area contributed by atoms with Crippen LogP contribution in [0.2, 0.25) is 0 Å². The molecule has 1 aliphatic heterocycles. The van der Waals surface area contributed by atoms with E-state index in [-0.39, 0.29) is 25.5 Å². The van der Waals surface area contributed by atoms with E-state index in [1.54, 1.807) is 4.90 Å². The molecule has 1 aliphatic rings. The Morgan fingerprint density at radius 3 is 2.52 bits per heavy atom. The molecule has 0 saturated carbocycles. The zero-order chi connectivity index (χ0) is 22.5. The second-order valence-electron chi connectivity index (χ2n) is 7.69. The van der Waals surface area contributed by atoms with Crippen LogP contribution in [0.3, 0.4) is 0 Å².